The Morgan fingerprint density at radius 2 is 1.55 bits per heavy atom. The summed E-state index contributed by atoms with van der Waals surface area (Å²) in [6.45, 7) is 4.93. The highest BCUT2D eigenvalue weighted by molar-refractivity contribution is 6.01. The highest BCUT2D eigenvalue weighted by Crippen LogP contribution is 2.40. The van der Waals surface area contributed by atoms with Gasteiger partial charge in [-0.15, -0.1) is 0 Å². The maximum absolute atomic E-state index is 10.9. The number of rotatable bonds is 8. The summed E-state index contributed by atoms with van der Waals surface area (Å²) in [7, 11) is 1.65. The predicted octanol–water partition coefficient (Wildman–Crippen LogP) is 5.42. The summed E-state index contributed by atoms with van der Waals surface area (Å²) in [5.41, 5.74) is 3.69. The molecule has 0 saturated carbocycles. The standard InChI is InChI=1S/C27H30N2O4/c1-4-32-24-11-7-6-9-21(24)27-28-22(18-13-15-19(31-3)16-14-18)17-23(29-27)20-10-8-12-25(26(20)30)33-5-2/h6-16,23,27,29-30H,4-5,17H2,1-3H3/t23-,27-/m1/s1. The second-order valence-electron chi connectivity index (χ2n) is 7.73. The summed E-state index contributed by atoms with van der Waals surface area (Å²) in [5.74, 6) is 2.23. The molecule has 6 nitrogen and oxygen atoms in total. The molecule has 2 atom stereocenters. The molecule has 2 N–H and O–H groups in total. The van der Waals surface area contributed by atoms with E-state index in [2.05, 4.69) is 5.32 Å². The number of benzene rings is 3. The molecule has 0 spiro atoms. The van der Waals surface area contributed by atoms with Crippen LogP contribution in [0.4, 0.5) is 0 Å². The van der Waals surface area contributed by atoms with E-state index in [-0.39, 0.29) is 18.0 Å². The van der Waals surface area contributed by atoms with Crippen LogP contribution in [-0.2, 0) is 0 Å². The average molecular weight is 447 g/mol. The van der Waals surface area contributed by atoms with Crippen LogP contribution in [0.15, 0.2) is 71.7 Å². The van der Waals surface area contributed by atoms with E-state index in [9.17, 15) is 5.11 Å². The fourth-order valence-electron chi connectivity index (χ4n) is 4.11. The molecule has 3 aromatic rings. The van der Waals surface area contributed by atoms with Crippen molar-refractivity contribution in [3.8, 4) is 23.0 Å². The van der Waals surface area contributed by atoms with Crippen LogP contribution in [0, 0.1) is 0 Å². The summed E-state index contributed by atoms with van der Waals surface area (Å²) < 4.78 is 16.8. The number of hydrogen-bond acceptors (Lipinski definition) is 6. The number of nitrogens with one attached hydrogen (secondary N) is 1. The van der Waals surface area contributed by atoms with Crippen LogP contribution < -0.4 is 19.5 Å². The fraction of sp³-hybridized carbons (Fsp3) is 0.296. The zero-order chi connectivity index (χ0) is 23.2. The zero-order valence-corrected chi connectivity index (χ0v) is 19.2. The van der Waals surface area contributed by atoms with E-state index in [4.69, 9.17) is 19.2 Å². The third kappa shape index (κ3) is 4.96. The van der Waals surface area contributed by atoms with E-state index < -0.39 is 0 Å². The Bertz CT molecular complexity index is 1110. The molecule has 4 rings (SSSR count). The van der Waals surface area contributed by atoms with E-state index in [0.29, 0.717) is 25.4 Å². The first kappa shape index (κ1) is 22.7. The van der Waals surface area contributed by atoms with E-state index in [1.165, 1.54) is 0 Å². The van der Waals surface area contributed by atoms with Crippen molar-refractivity contribution in [3.63, 3.8) is 0 Å². The Morgan fingerprint density at radius 3 is 2.27 bits per heavy atom. The minimum atomic E-state index is -0.334. The molecule has 0 unspecified atom stereocenters. The van der Waals surface area contributed by atoms with Gasteiger partial charge in [-0.05, 0) is 55.8 Å². The van der Waals surface area contributed by atoms with Crippen molar-refractivity contribution in [2.24, 2.45) is 4.99 Å². The first-order valence-corrected chi connectivity index (χ1v) is 11.3. The third-order valence-electron chi connectivity index (χ3n) is 5.68. The number of aliphatic imine (C=N–C) groups is 1. The normalized spacial score (nSPS) is 17.8. The molecule has 172 valence electrons. The zero-order valence-electron chi connectivity index (χ0n) is 19.2. The number of phenols is 1. The lowest BCUT2D eigenvalue weighted by molar-refractivity contribution is 0.311. The maximum atomic E-state index is 10.9. The number of methoxy groups -OCH3 is 1. The SMILES string of the molecule is CCOc1ccccc1[C@@H]1N=C(c2ccc(OC)cc2)C[C@H](c2cccc(OCC)c2O)N1. The molecule has 0 amide bonds. The van der Waals surface area contributed by atoms with Crippen molar-refractivity contribution in [2.75, 3.05) is 20.3 Å². The summed E-state index contributed by atoms with van der Waals surface area (Å²) in [4.78, 5) is 5.06. The van der Waals surface area contributed by atoms with Gasteiger partial charge in [-0.3, -0.25) is 10.3 Å². The Morgan fingerprint density at radius 1 is 0.879 bits per heavy atom. The number of nitrogens with zero attached hydrogens (tertiary/aromatic N) is 1. The second-order valence-corrected chi connectivity index (χ2v) is 7.73. The van der Waals surface area contributed by atoms with Gasteiger partial charge in [0.1, 0.15) is 17.7 Å². The number of hydrogen-bond donors (Lipinski definition) is 2. The average Bonchev–Trinajstić information content (AvgIpc) is 2.86. The van der Waals surface area contributed by atoms with Crippen molar-refractivity contribution in [2.45, 2.75) is 32.5 Å². The van der Waals surface area contributed by atoms with E-state index >= 15 is 0 Å². The van der Waals surface area contributed by atoms with Gasteiger partial charge in [0, 0.05) is 29.3 Å². The van der Waals surface area contributed by atoms with Crippen LogP contribution in [0.2, 0.25) is 0 Å². The number of ether oxygens (including phenoxy) is 3. The van der Waals surface area contributed by atoms with E-state index in [1.807, 2.05) is 74.5 Å². The number of para-hydroxylation sites is 2. The first-order chi connectivity index (χ1) is 16.1. The largest absolute Gasteiger partial charge is 0.504 e. The van der Waals surface area contributed by atoms with Crippen molar-refractivity contribution in [3.05, 3.63) is 83.4 Å². The molecule has 3 aromatic carbocycles. The van der Waals surface area contributed by atoms with Gasteiger partial charge in [-0.1, -0.05) is 30.3 Å². The van der Waals surface area contributed by atoms with Crippen molar-refractivity contribution in [1.82, 2.24) is 5.32 Å². The Kier molecular flexibility index (Phi) is 7.15. The van der Waals surface area contributed by atoms with Crippen LogP contribution in [0.3, 0.4) is 0 Å². The Balaban J connectivity index is 1.77. The van der Waals surface area contributed by atoms with Crippen molar-refractivity contribution in [1.29, 1.82) is 0 Å². The van der Waals surface area contributed by atoms with Crippen LogP contribution in [0.1, 0.15) is 49.2 Å². The van der Waals surface area contributed by atoms with Crippen LogP contribution in [0.25, 0.3) is 0 Å². The van der Waals surface area contributed by atoms with Crippen molar-refractivity contribution >= 4 is 5.71 Å². The van der Waals surface area contributed by atoms with E-state index in [1.54, 1.807) is 13.2 Å². The van der Waals surface area contributed by atoms with Gasteiger partial charge >= 0.3 is 0 Å². The third-order valence-corrected chi connectivity index (χ3v) is 5.68. The molecular weight excluding hydrogens is 416 g/mol. The highest BCUT2D eigenvalue weighted by Gasteiger charge is 2.30. The molecule has 0 bridgehead atoms. The van der Waals surface area contributed by atoms with Gasteiger partial charge in [-0.25, -0.2) is 0 Å². The maximum Gasteiger partial charge on any atom is 0.162 e. The quantitative estimate of drug-likeness (QED) is 0.483. The van der Waals surface area contributed by atoms with Gasteiger partial charge in [0.15, 0.2) is 11.5 Å². The first-order valence-electron chi connectivity index (χ1n) is 11.3. The molecule has 0 aliphatic carbocycles. The van der Waals surface area contributed by atoms with Gasteiger partial charge < -0.3 is 19.3 Å². The molecule has 33 heavy (non-hydrogen) atoms. The lowest BCUT2D eigenvalue weighted by atomic mass is 9.93. The van der Waals surface area contributed by atoms with Gasteiger partial charge in [-0.2, -0.15) is 0 Å². The summed E-state index contributed by atoms with van der Waals surface area (Å²) in [6, 6.07) is 21.3. The van der Waals surface area contributed by atoms with Gasteiger partial charge in [0.05, 0.1) is 20.3 Å². The minimum Gasteiger partial charge on any atom is -0.504 e. The molecule has 1 heterocycles. The monoisotopic (exact) mass is 446 g/mol. The van der Waals surface area contributed by atoms with Gasteiger partial charge in [0.2, 0.25) is 0 Å². The van der Waals surface area contributed by atoms with E-state index in [0.717, 1.165) is 33.9 Å². The number of phenolic OH excluding ortho intramolecular Hbond substituents is 1. The molecular formula is C27H30N2O4. The van der Waals surface area contributed by atoms with Crippen LogP contribution >= 0.6 is 0 Å². The summed E-state index contributed by atoms with van der Waals surface area (Å²) >= 11 is 0. The molecule has 0 fully saturated rings. The minimum absolute atomic E-state index is 0.157. The molecule has 1 aliphatic heterocycles. The predicted molar refractivity (Wildman–Crippen MR) is 130 cm³/mol. The van der Waals surface area contributed by atoms with Crippen LogP contribution in [-0.4, -0.2) is 31.1 Å². The smallest absolute Gasteiger partial charge is 0.162 e. The molecule has 0 aromatic heterocycles. The Hall–Kier alpha value is -3.51. The molecule has 0 saturated heterocycles. The second kappa shape index (κ2) is 10.4. The topological polar surface area (TPSA) is 72.3 Å². The lowest BCUT2D eigenvalue weighted by Gasteiger charge is -2.31. The lowest BCUT2D eigenvalue weighted by Crippen LogP contribution is -2.33. The number of aromatic hydroxyl groups is 1. The van der Waals surface area contributed by atoms with Crippen molar-refractivity contribution < 1.29 is 19.3 Å². The summed E-state index contributed by atoms with van der Waals surface area (Å²) in [5, 5.41) is 14.6. The van der Waals surface area contributed by atoms with Crippen LogP contribution in [0.5, 0.6) is 23.0 Å². The molecule has 6 heteroatoms. The molecule has 0 radical (unpaired) electrons. The highest BCUT2D eigenvalue weighted by atomic mass is 16.5. The molecule has 1 aliphatic rings. The summed E-state index contributed by atoms with van der Waals surface area (Å²) in [6.07, 6.45) is 0.279. The van der Waals surface area contributed by atoms with Gasteiger partial charge in [0.25, 0.3) is 0 Å². The Labute approximate surface area is 194 Å². The fourth-order valence-corrected chi connectivity index (χ4v) is 4.11.